The standard InChI is InChI=1S/C25H27ClN2OS/c26-22-8-10-23(11-9-22)30-17-14-27-25(29)20-12-15-28(16-13-20)18-21-6-3-5-19-4-1-2-7-24(19)21/h1-11,20H,12-18H2,(H,27,29). The lowest BCUT2D eigenvalue weighted by molar-refractivity contribution is -0.126. The van der Waals surface area contributed by atoms with E-state index in [2.05, 4.69) is 52.7 Å². The predicted molar refractivity (Wildman–Crippen MR) is 127 cm³/mol. The average molecular weight is 439 g/mol. The normalized spacial score (nSPS) is 15.4. The molecule has 3 aromatic carbocycles. The number of likely N-dealkylation sites (tertiary alicyclic amines) is 1. The second kappa shape index (κ2) is 10.3. The first kappa shape index (κ1) is 21.2. The summed E-state index contributed by atoms with van der Waals surface area (Å²) in [6.45, 7) is 3.59. The highest BCUT2D eigenvalue weighted by atomic mass is 35.5. The van der Waals surface area contributed by atoms with Crippen molar-refractivity contribution in [1.29, 1.82) is 0 Å². The smallest absolute Gasteiger partial charge is 0.223 e. The molecule has 1 saturated heterocycles. The summed E-state index contributed by atoms with van der Waals surface area (Å²) in [7, 11) is 0. The van der Waals surface area contributed by atoms with Gasteiger partial charge in [-0.3, -0.25) is 9.69 Å². The number of carbonyl (C=O) groups excluding carboxylic acids is 1. The van der Waals surface area contributed by atoms with Crippen LogP contribution in [0.15, 0.2) is 71.6 Å². The lowest BCUT2D eigenvalue weighted by atomic mass is 9.95. The molecule has 0 atom stereocenters. The van der Waals surface area contributed by atoms with Crippen molar-refractivity contribution in [3.63, 3.8) is 0 Å². The number of hydrogen-bond acceptors (Lipinski definition) is 3. The number of benzene rings is 3. The van der Waals surface area contributed by atoms with Crippen LogP contribution in [0.4, 0.5) is 0 Å². The van der Waals surface area contributed by atoms with E-state index in [9.17, 15) is 4.79 Å². The van der Waals surface area contributed by atoms with Gasteiger partial charge in [-0.25, -0.2) is 0 Å². The Morgan fingerprint density at radius 2 is 1.73 bits per heavy atom. The van der Waals surface area contributed by atoms with Crippen molar-refractivity contribution >= 4 is 40.0 Å². The molecule has 4 rings (SSSR count). The molecule has 1 aliphatic heterocycles. The van der Waals surface area contributed by atoms with Crippen molar-refractivity contribution in [3.8, 4) is 0 Å². The molecule has 156 valence electrons. The fourth-order valence-corrected chi connectivity index (χ4v) is 4.94. The minimum absolute atomic E-state index is 0.134. The number of nitrogens with zero attached hydrogens (tertiary/aromatic N) is 1. The summed E-state index contributed by atoms with van der Waals surface area (Å²) in [6.07, 6.45) is 1.86. The first-order valence-corrected chi connectivity index (χ1v) is 11.9. The Kier molecular flexibility index (Phi) is 7.32. The summed E-state index contributed by atoms with van der Waals surface area (Å²) < 4.78 is 0. The Morgan fingerprint density at radius 3 is 2.53 bits per heavy atom. The van der Waals surface area contributed by atoms with E-state index in [1.807, 2.05) is 24.3 Å². The van der Waals surface area contributed by atoms with Crippen LogP contribution in [0, 0.1) is 5.92 Å². The molecule has 1 fully saturated rings. The van der Waals surface area contributed by atoms with Gasteiger partial charge in [0, 0.05) is 34.7 Å². The Labute approximate surface area is 187 Å². The third kappa shape index (κ3) is 5.57. The molecule has 3 nitrogen and oxygen atoms in total. The van der Waals surface area contributed by atoms with E-state index in [0.717, 1.165) is 43.3 Å². The van der Waals surface area contributed by atoms with Gasteiger partial charge in [0.05, 0.1) is 0 Å². The van der Waals surface area contributed by atoms with Gasteiger partial charge in [0.25, 0.3) is 0 Å². The fraction of sp³-hybridized carbons (Fsp3) is 0.320. The van der Waals surface area contributed by atoms with Crippen LogP contribution in [0.2, 0.25) is 5.02 Å². The molecular weight excluding hydrogens is 412 g/mol. The number of thioether (sulfide) groups is 1. The van der Waals surface area contributed by atoms with Crippen molar-refractivity contribution < 1.29 is 4.79 Å². The molecular formula is C25H27ClN2OS. The number of piperidine rings is 1. The number of carbonyl (C=O) groups is 1. The van der Waals surface area contributed by atoms with Crippen LogP contribution in [0.3, 0.4) is 0 Å². The van der Waals surface area contributed by atoms with Crippen LogP contribution >= 0.6 is 23.4 Å². The van der Waals surface area contributed by atoms with Gasteiger partial charge in [-0.2, -0.15) is 0 Å². The van der Waals surface area contributed by atoms with E-state index >= 15 is 0 Å². The van der Waals surface area contributed by atoms with Gasteiger partial charge >= 0.3 is 0 Å². The molecule has 0 aromatic heterocycles. The van der Waals surface area contributed by atoms with Gasteiger partial charge in [-0.15, -0.1) is 11.8 Å². The zero-order chi connectivity index (χ0) is 20.8. The predicted octanol–water partition coefficient (Wildman–Crippen LogP) is 5.61. The summed E-state index contributed by atoms with van der Waals surface area (Å²) in [5.74, 6) is 1.21. The van der Waals surface area contributed by atoms with E-state index in [-0.39, 0.29) is 11.8 Å². The lowest BCUT2D eigenvalue weighted by Gasteiger charge is -2.31. The lowest BCUT2D eigenvalue weighted by Crippen LogP contribution is -2.40. The number of hydrogen-bond donors (Lipinski definition) is 1. The van der Waals surface area contributed by atoms with Gasteiger partial charge in [0.2, 0.25) is 5.91 Å². The number of rotatable bonds is 7. The van der Waals surface area contributed by atoms with E-state index in [1.165, 1.54) is 21.2 Å². The van der Waals surface area contributed by atoms with Gasteiger partial charge in [-0.1, -0.05) is 54.1 Å². The second-order valence-corrected chi connectivity index (χ2v) is 9.39. The number of fused-ring (bicyclic) bond motifs is 1. The Balaban J connectivity index is 1.20. The van der Waals surface area contributed by atoms with Crippen LogP contribution in [0.25, 0.3) is 10.8 Å². The summed E-state index contributed by atoms with van der Waals surface area (Å²) in [5.41, 5.74) is 1.37. The zero-order valence-electron chi connectivity index (χ0n) is 17.0. The van der Waals surface area contributed by atoms with E-state index in [4.69, 9.17) is 11.6 Å². The first-order valence-electron chi connectivity index (χ1n) is 10.5. The summed E-state index contributed by atoms with van der Waals surface area (Å²) in [6, 6.07) is 22.9. The molecule has 1 aliphatic rings. The maximum atomic E-state index is 12.5. The largest absolute Gasteiger partial charge is 0.355 e. The quantitative estimate of drug-likeness (QED) is 0.384. The van der Waals surface area contributed by atoms with E-state index < -0.39 is 0 Å². The van der Waals surface area contributed by atoms with Crippen LogP contribution in [-0.2, 0) is 11.3 Å². The molecule has 3 aromatic rings. The monoisotopic (exact) mass is 438 g/mol. The van der Waals surface area contributed by atoms with Crippen LogP contribution in [-0.4, -0.2) is 36.2 Å². The summed E-state index contributed by atoms with van der Waals surface area (Å²) in [5, 5.41) is 6.49. The highest BCUT2D eigenvalue weighted by Gasteiger charge is 2.24. The van der Waals surface area contributed by atoms with Crippen LogP contribution in [0.5, 0.6) is 0 Å². The van der Waals surface area contributed by atoms with Crippen molar-refractivity contribution in [2.45, 2.75) is 24.3 Å². The van der Waals surface area contributed by atoms with Crippen molar-refractivity contribution in [2.75, 3.05) is 25.4 Å². The van der Waals surface area contributed by atoms with E-state index in [0.29, 0.717) is 6.54 Å². The van der Waals surface area contributed by atoms with Crippen molar-refractivity contribution in [2.24, 2.45) is 5.92 Å². The summed E-state index contributed by atoms with van der Waals surface area (Å²) in [4.78, 5) is 16.2. The fourth-order valence-electron chi connectivity index (χ4n) is 4.04. The van der Waals surface area contributed by atoms with Crippen LogP contribution < -0.4 is 5.32 Å². The molecule has 1 amide bonds. The minimum Gasteiger partial charge on any atom is -0.355 e. The topological polar surface area (TPSA) is 32.3 Å². The number of nitrogens with one attached hydrogen (secondary N) is 1. The van der Waals surface area contributed by atoms with Gasteiger partial charge in [0.15, 0.2) is 0 Å². The van der Waals surface area contributed by atoms with Crippen molar-refractivity contribution in [3.05, 3.63) is 77.3 Å². The van der Waals surface area contributed by atoms with Crippen molar-refractivity contribution in [1.82, 2.24) is 10.2 Å². The minimum atomic E-state index is 0.134. The third-order valence-corrected chi connectivity index (χ3v) is 6.98. The zero-order valence-corrected chi connectivity index (χ0v) is 18.6. The molecule has 0 aliphatic carbocycles. The third-order valence-electron chi connectivity index (χ3n) is 5.72. The molecule has 1 heterocycles. The Bertz CT molecular complexity index is 979. The van der Waals surface area contributed by atoms with E-state index in [1.54, 1.807) is 11.8 Å². The second-order valence-electron chi connectivity index (χ2n) is 7.78. The number of amides is 1. The average Bonchev–Trinajstić information content (AvgIpc) is 2.78. The molecule has 5 heteroatoms. The summed E-state index contributed by atoms with van der Waals surface area (Å²) >= 11 is 7.65. The molecule has 0 radical (unpaired) electrons. The highest BCUT2D eigenvalue weighted by molar-refractivity contribution is 7.99. The molecule has 1 N–H and O–H groups in total. The molecule has 0 saturated carbocycles. The van der Waals surface area contributed by atoms with Gasteiger partial charge < -0.3 is 5.32 Å². The highest BCUT2D eigenvalue weighted by Crippen LogP contribution is 2.24. The SMILES string of the molecule is O=C(NCCSc1ccc(Cl)cc1)C1CCN(Cc2cccc3ccccc23)CC1. The molecule has 0 unspecified atom stereocenters. The van der Waals surface area contributed by atoms with Gasteiger partial charge in [0.1, 0.15) is 0 Å². The van der Waals surface area contributed by atoms with Gasteiger partial charge in [-0.05, 0) is 66.5 Å². The van der Waals surface area contributed by atoms with Crippen LogP contribution in [0.1, 0.15) is 18.4 Å². The Morgan fingerprint density at radius 1 is 1.00 bits per heavy atom. The Hall–Kier alpha value is -2.01. The maximum absolute atomic E-state index is 12.5. The molecule has 30 heavy (non-hydrogen) atoms. The molecule has 0 bridgehead atoms. The number of halogens is 1. The first-order chi connectivity index (χ1) is 14.7. The maximum Gasteiger partial charge on any atom is 0.223 e. The molecule has 0 spiro atoms.